The van der Waals surface area contributed by atoms with E-state index in [0.717, 1.165) is 46.6 Å². The fraction of sp³-hybridized carbons (Fsp3) is 0.391. The van der Waals surface area contributed by atoms with E-state index in [9.17, 15) is 19.2 Å². The summed E-state index contributed by atoms with van der Waals surface area (Å²) in [7, 11) is 1.54. The molecule has 0 spiro atoms. The minimum absolute atomic E-state index is 0.211. The molecule has 0 saturated carbocycles. The van der Waals surface area contributed by atoms with E-state index < -0.39 is 35.8 Å². The lowest BCUT2D eigenvalue weighted by molar-refractivity contribution is -0.133. The molecule has 1 atom stereocenters. The van der Waals surface area contributed by atoms with Crippen molar-refractivity contribution in [2.75, 3.05) is 19.0 Å². The Kier molecular flexibility index (Phi) is 6.11. The van der Waals surface area contributed by atoms with E-state index in [2.05, 4.69) is 10.6 Å². The van der Waals surface area contributed by atoms with Crippen molar-refractivity contribution in [1.82, 2.24) is 10.2 Å². The summed E-state index contributed by atoms with van der Waals surface area (Å²) in [6.45, 7) is 1.16. The van der Waals surface area contributed by atoms with Crippen molar-refractivity contribution in [2.24, 2.45) is 5.73 Å². The number of hydrogen-bond acceptors (Lipinski definition) is 6. The van der Waals surface area contributed by atoms with E-state index in [1.807, 2.05) is 18.2 Å². The first-order valence-corrected chi connectivity index (χ1v) is 11.6. The zero-order chi connectivity index (χ0) is 23.8. The van der Waals surface area contributed by atoms with Gasteiger partial charge in [0.05, 0.1) is 12.7 Å². The Bertz CT molecular complexity index is 1140. The molecule has 10 heteroatoms. The first-order valence-electron chi connectivity index (χ1n) is 10.7. The summed E-state index contributed by atoms with van der Waals surface area (Å²) >= 11 is 1.33. The maximum atomic E-state index is 13.1. The predicted molar refractivity (Wildman–Crippen MR) is 123 cm³/mol. The molecule has 2 aliphatic rings. The highest BCUT2D eigenvalue weighted by molar-refractivity contribution is 7.17. The van der Waals surface area contributed by atoms with Gasteiger partial charge in [0, 0.05) is 11.3 Å². The lowest BCUT2D eigenvalue weighted by Crippen LogP contribution is -2.46. The van der Waals surface area contributed by atoms with Crippen LogP contribution in [-0.2, 0) is 28.9 Å². The Balaban J connectivity index is 1.49. The monoisotopic (exact) mass is 470 g/mol. The molecule has 0 bridgehead atoms. The van der Waals surface area contributed by atoms with Crippen LogP contribution >= 0.6 is 11.3 Å². The van der Waals surface area contributed by atoms with Gasteiger partial charge in [0.15, 0.2) is 0 Å². The Hall–Kier alpha value is -3.40. The van der Waals surface area contributed by atoms with Crippen molar-refractivity contribution in [3.05, 3.63) is 45.8 Å². The lowest BCUT2D eigenvalue weighted by atomic mass is 9.92. The number of nitrogens with two attached hydrogens (primary N) is 1. The van der Waals surface area contributed by atoms with Crippen LogP contribution in [0.3, 0.4) is 0 Å². The minimum Gasteiger partial charge on any atom is -0.496 e. The standard InChI is InChI=1S/C23H26N4O5S/c1-23(11-13-7-3-5-9-15(13)32-2)21(30)27(22(31)26-23)12-17(28)25-20-18(19(24)29)14-8-4-6-10-16(14)33-20/h3,5,7,9H,4,6,8,10-12H2,1-2H3,(H2,24,29)(H,25,28)(H,26,31)/t23-/m0/s1. The Labute approximate surface area is 195 Å². The molecule has 1 fully saturated rings. The summed E-state index contributed by atoms with van der Waals surface area (Å²) in [6.07, 6.45) is 3.78. The van der Waals surface area contributed by atoms with Gasteiger partial charge in [-0.1, -0.05) is 18.2 Å². The number of amides is 5. The Morgan fingerprint density at radius 2 is 1.97 bits per heavy atom. The second-order valence-corrected chi connectivity index (χ2v) is 9.57. The van der Waals surface area contributed by atoms with Crippen LogP contribution in [0.25, 0.3) is 0 Å². The van der Waals surface area contributed by atoms with Crippen molar-refractivity contribution < 1.29 is 23.9 Å². The normalized spacial score (nSPS) is 19.8. The number of rotatable bonds is 7. The van der Waals surface area contributed by atoms with Crippen LogP contribution in [0.2, 0.25) is 0 Å². The number of ether oxygens (including phenoxy) is 1. The summed E-state index contributed by atoms with van der Waals surface area (Å²) in [6, 6.07) is 6.60. The average Bonchev–Trinajstić information content (AvgIpc) is 3.23. The fourth-order valence-electron chi connectivity index (χ4n) is 4.46. The summed E-state index contributed by atoms with van der Waals surface area (Å²) < 4.78 is 5.35. The number of thiophene rings is 1. The third-order valence-electron chi connectivity index (χ3n) is 6.05. The molecule has 5 amide bonds. The molecule has 1 aliphatic heterocycles. The molecule has 174 valence electrons. The number of nitrogens with zero attached hydrogens (tertiary/aromatic N) is 1. The SMILES string of the molecule is COc1ccccc1C[C@]1(C)NC(=O)N(CC(=O)Nc2sc3c(c2C(N)=O)CCCC3)C1=O. The molecule has 33 heavy (non-hydrogen) atoms. The van der Waals surface area contributed by atoms with E-state index in [0.29, 0.717) is 16.3 Å². The molecule has 2 aromatic rings. The van der Waals surface area contributed by atoms with Crippen molar-refractivity contribution >= 4 is 40.1 Å². The number of benzene rings is 1. The van der Waals surface area contributed by atoms with Gasteiger partial charge in [0.25, 0.3) is 11.8 Å². The molecule has 4 N–H and O–H groups in total. The summed E-state index contributed by atoms with van der Waals surface area (Å²) in [5.41, 5.74) is 6.35. The second-order valence-electron chi connectivity index (χ2n) is 8.47. The van der Waals surface area contributed by atoms with Gasteiger partial charge in [-0.25, -0.2) is 4.79 Å². The van der Waals surface area contributed by atoms with Crippen LogP contribution in [0.5, 0.6) is 5.75 Å². The Morgan fingerprint density at radius 1 is 1.24 bits per heavy atom. The summed E-state index contributed by atoms with van der Waals surface area (Å²) in [5.74, 6) is -1.06. The molecule has 0 radical (unpaired) electrons. The fourth-order valence-corrected chi connectivity index (χ4v) is 5.78. The molecular weight excluding hydrogens is 444 g/mol. The number of primary amides is 1. The van der Waals surface area contributed by atoms with E-state index in [1.54, 1.807) is 13.0 Å². The number of para-hydroxylation sites is 1. The number of fused-ring (bicyclic) bond motifs is 1. The Morgan fingerprint density at radius 3 is 2.70 bits per heavy atom. The van der Waals surface area contributed by atoms with E-state index in [4.69, 9.17) is 10.5 Å². The van der Waals surface area contributed by atoms with Crippen molar-refractivity contribution in [3.8, 4) is 5.75 Å². The van der Waals surface area contributed by atoms with Crippen molar-refractivity contribution in [3.63, 3.8) is 0 Å². The molecule has 2 heterocycles. The van der Waals surface area contributed by atoms with Gasteiger partial charge in [0.1, 0.15) is 22.8 Å². The van der Waals surface area contributed by atoms with Crippen molar-refractivity contribution in [2.45, 2.75) is 44.6 Å². The van der Waals surface area contributed by atoms with Crippen LogP contribution < -0.4 is 21.1 Å². The van der Waals surface area contributed by atoms with Gasteiger partial charge in [-0.05, 0) is 49.8 Å². The van der Waals surface area contributed by atoms with Crippen molar-refractivity contribution in [1.29, 1.82) is 0 Å². The maximum absolute atomic E-state index is 13.1. The van der Waals surface area contributed by atoms with Gasteiger partial charge >= 0.3 is 6.03 Å². The lowest BCUT2D eigenvalue weighted by Gasteiger charge is -2.22. The number of carbonyl (C=O) groups is 4. The van der Waals surface area contributed by atoms with Gasteiger partial charge in [-0.2, -0.15) is 0 Å². The number of anilines is 1. The predicted octanol–water partition coefficient (Wildman–Crippen LogP) is 2.23. The number of aryl methyl sites for hydroxylation is 1. The van der Waals surface area contributed by atoms with Crippen LogP contribution in [-0.4, -0.2) is 47.8 Å². The number of urea groups is 1. The van der Waals surface area contributed by atoms with Crippen LogP contribution in [0.15, 0.2) is 24.3 Å². The zero-order valence-corrected chi connectivity index (χ0v) is 19.3. The van der Waals surface area contributed by atoms with E-state index >= 15 is 0 Å². The van der Waals surface area contributed by atoms with E-state index in [-0.39, 0.29) is 6.42 Å². The smallest absolute Gasteiger partial charge is 0.325 e. The molecule has 1 aromatic heterocycles. The van der Waals surface area contributed by atoms with Crippen LogP contribution in [0.4, 0.5) is 9.80 Å². The number of imide groups is 1. The van der Waals surface area contributed by atoms with Gasteiger partial charge < -0.3 is 21.1 Å². The van der Waals surface area contributed by atoms with Gasteiger partial charge in [0.2, 0.25) is 5.91 Å². The second kappa shape index (κ2) is 8.86. The highest BCUT2D eigenvalue weighted by Gasteiger charge is 2.48. The molecule has 0 unspecified atom stereocenters. The van der Waals surface area contributed by atoms with Gasteiger partial charge in [-0.3, -0.25) is 19.3 Å². The number of carbonyl (C=O) groups excluding carboxylic acids is 4. The molecule has 9 nitrogen and oxygen atoms in total. The highest BCUT2D eigenvalue weighted by atomic mass is 32.1. The topological polar surface area (TPSA) is 131 Å². The molecule has 4 rings (SSSR count). The summed E-state index contributed by atoms with van der Waals surface area (Å²) in [5, 5.41) is 5.77. The molecule has 1 saturated heterocycles. The number of nitrogens with one attached hydrogen (secondary N) is 2. The third-order valence-corrected chi connectivity index (χ3v) is 7.26. The molecule has 1 aromatic carbocycles. The maximum Gasteiger partial charge on any atom is 0.325 e. The number of hydrogen-bond donors (Lipinski definition) is 3. The summed E-state index contributed by atoms with van der Waals surface area (Å²) in [4.78, 5) is 52.4. The average molecular weight is 471 g/mol. The first-order chi connectivity index (χ1) is 15.7. The minimum atomic E-state index is -1.22. The largest absolute Gasteiger partial charge is 0.496 e. The number of methoxy groups -OCH3 is 1. The van der Waals surface area contributed by atoms with Crippen LogP contribution in [0.1, 0.15) is 46.1 Å². The van der Waals surface area contributed by atoms with Gasteiger partial charge in [-0.15, -0.1) is 11.3 Å². The highest BCUT2D eigenvalue weighted by Crippen LogP contribution is 2.38. The molecular formula is C23H26N4O5S. The molecule has 1 aliphatic carbocycles. The quantitative estimate of drug-likeness (QED) is 0.534. The third kappa shape index (κ3) is 4.30. The van der Waals surface area contributed by atoms with Crippen LogP contribution in [0, 0.1) is 0 Å². The van der Waals surface area contributed by atoms with E-state index in [1.165, 1.54) is 18.4 Å². The first kappa shape index (κ1) is 22.8. The zero-order valence-electron chi connectivity index (χ0n) is 18.5.